The zero-order valence-corrected chi connectivity index (χ0v) is 10.7. The summed E-state index contributed by atoms with van der Waals surface area (Å²) in [5, 5.41) is 15.5. The van der Waals surface area contributed by atoms with E-state index in [2.05, 4.69) is 15.5 Å². The molecule has 2 aromatic rings. The van der Waals surface area contributed by atoms with Crippen molar-refractivity contribution in [3.63, 3.8) is 0 Å². The fourth-order valence-corrected chi connectivity index (χ4v) is 2.44. The molecule has 0 amide bonds. The standard InChI is InChI=1S/C11H13N3O3S/c1-7-13-10(17-14-7)6-12-5-9-3-2-8(18-9)4-11(15)16/h2-3,12H,4-6H2,1H3,(H,15,16). The van der Waals surface area contributed by atoms with E-state index in [0.717, 1.165) is 9.75 Å². The Balaban J connectivity index is 1.79. The van der Waals surface area contributed by atoms with E-state index in [1.54, 1.807) is 6.92 Å². The van der Waals surface area contributed by atoms with Gasteiger partial charge in [0, 0.05) is 16.3 Å². The molecule has 18 heavy (non-hydrogen) atoms. The zero-order chi connectivity index (χ0) is 13.0. The van der Waals surface area contributed by atoms with Crippen molar-refractivity contribution in [1.82, 2.24) is 15.5 Å². The molecule has 6 nitrogen and oxygen atoms in total. The van der Waals surface area contributed by atoms with Gasteiger partial charge in [0.15, 0.2) is 5.82 Å². The van der Waals surface area contributed by atoms with Crippen LogP contribution >= 0.6 is 11.3 Å². The van der Waals surface area contributed by atoms with Gasteiger partial charge in [0.05, 0.1) is 13.0 Å². The maximum Gasteiger partial charge on any atom is 0.308 e. The normalized spacial score (nSPS) is 10.7. The number of rotatable bonds is 6. The van der Waals surface area contributed by atoms with Crippen LogP contribution in [-0.2, 0) is 24.3 Å². The van der Waals surface area contributed by atoms with Crippen molar-refractivity contribution >= 4 is 17.3 Å². The molecule has 0 saturated heterocycles. The van der Waals surface area contributed by atoms with E-state index in [-0.39, 0.29) is 6.42 Å². The van der Waals surface area contributed by atoms with E-state index >= 15 is 0 Å². The molecule has 0 fully saturated rings. The predicted molar refractivity (Wildman–Crippen MR) is 65.2 cm³/mol. The highest BCUT2D eigenvalue weighted by Gasteiger charge is 2.05. The van der Waals surface area contributed by atoms with Crippen LogP contribution in [0.1, 0.15) is 21.5 Å². The molecule has 96 valence electrons. The Bertz CT molecular complexity index is 535. The maximum atomic E-state index is 10.5. The average Bonchev–Trinajstić information content (AvgIpc) is 2.88. The van der Waals surface area contributed by atoms with Gasteiger partial charge in [-0.3, -0.25) is 4.79 Å². The van der Waals surface area contributed by atoms with Crippen LogP contribution < -0.4 is 5.32 Å². The first kappa shape index (κ1) is 12.7. The predicted octanol–water partition coefficient (Wildman–Crippen LogP) is 1.36. The van der Waals surface area contributed by atoms with Crippen molar-refractivity contribution in [2.75, 3.05) is 0 Å². The molecule has 0 saturated carbocycles. The smallest absolute Gasteiger partial charge is 0.308 e. The minimum atomic E-state index is -0.808. The van der Waals surface area contributed by atoms with Crippen LogP contribution in [-0.4, -0.2) is 21.2 Å². The van der Waals surface area contributed by atoms with Crippen LogP contribution in [0.25, 0.3) is 0 Å². The zero-order valence-electron chi connectivity index (χ0n) is 9.84. The lowest BCUT2D eigenvalue weighted by molar-refractivity contribution is -0.136. The van der Waals surface area contributed by atoms with Gasteiger partial charge >= 0.3 is 5.97 Å². The van der Waals surface area contributed by atoms with Gasteiger partial charge in [-0.05, 0) is 19.1 Å². The van der Waals surface area contributed by atoms with E-state index in [0.29, 0.717) is 24.8 Å². The second-order valence-corrected chi connectivity index (χ2v) is 5.03. The first-order valence-corrected chi connectivity index (χ1v) is 6.24. The Kier molecular flexibility index (Phi) is 4.06. The van der Waals surface area contributed by atoms with Crippen LogP contribution in [0, 0.1) is 6.92 Å². The Morgan fingerprint density at radius 1 is 1.44 bits per heavy atom. The largest absolute Gasteiger partial charge is 0.481 e. The van der Waals surface area contributed by atoms with Gasteiger partial charge in [0.1, 0.15) is 0 Å². The third-order valence-electron chi connectivity index (χ3n) is 2.19. The SMILES string of the molecule is Cc1noc(CNCc2ccc(CC(=O)O)s2)n1. The number of aryl methyl sites for hydroxylation is 1. The topological polar surface area (TPSA) is 88.2 Å². The summed E-state index contributed by atoms with van der Waals surface area (Å²) in [4.78, 5) is 16.6. The number of carboxylic acids is 1. The van der Waals surface area contributed by atoms with Crippen molar-refractivity contribution in [2.24, 2.45) is 0 Å². The van der Waals surface area contributed by atoms with Gasteiger partial charge < -0.3 is 14.9 Å². The fraction of sp³-hybridized carbons (Fsp3) is 0.364. The minimum absolute atomic E-state index is 0.0769. The Labute approximate surface area is 108 Å². The number of nitrogens with one attached hydrogen (secondary N) is 1. The van der Waals surface area contributed by atoms with Crippen LogP contribution in [0.3, 0.4) is 0 Å². The summed E-state index contributed by atoms with van der Waals surface area (Å²) in [6.45, 7) is 2.93. The summed E-state index contributed by atoms with van der Waals surface area (Å²) in [7, 11) is 0. The van der Waals surface area contributed by atoms with E-state index < -0.39 is 5.97 Å². The van der Waals surface area contributed by atoms with Gasteiger partial charge in [-0.25, -0.2) is 0 Å². The summed E-state index contributed by atoms with van der Waals surface area (Å²) in [6, 6.07) is 3.77. The monoisotopic (exact) mass is 267 g/mol. The van der Waals surface area contributed by atoms with Crippen molar-refractivity contribution in [1.29, 1.82) is 0 Å². The molecule has 0 bridgehead atoms. The minimum Gasteiger partial charge on any atom is -0.481 e. The lowest BCUT2D eigenvalue weighted by Crippen LogP contribution is -2.11. The quantitative estimate of drug-likeness (QED) is 0.821. The first-order chi connectivity index (χ1) is 8.63. The van der Waals surface area contributed by atoms with Crippen LogP contribution in [0.4, 0.5) is 0 Å². The van der Waals surface area contributed by atoms with Gasteiger partial charge in [0.25, 0.3) is 0 Å². The van der Waals surface area contributed by atoms with Gasteiger partial charge in [0.2, 0.25) is 5.89 Å². The number of thiophene rings is 1. The molecule has 2 rings (SSSR count). The van der Waals surface area contributed by atoms with Gasteiger partial charge in [-0.2, -0.15) is 4.98 Å². The molecule has 0 aromatic carbocycles. The molecule has 7 heteroatoms. The molecular weight excluding hydrogens is 254 g/mol. The highest BCUT2D eigenvalue weighted by Crippen LogP contribution is 2.16. The maximum absolute atomic E-state index is 10.5. The molecule has 2 aromatic heterocycles. The number of carbonyl (C=O) groups is 1. The molecule has 0 unspecified atom stereocenters. The van der Waals surface area contributed by atoms with E-state index in [4.69, 9.17) is 9.63 Å². The Morgan fingerprint density at radius 2 is 2.22 bits per heavy atom. The molecule has 0 aliphatic heterocycles. The molecule has 2 heterocycles. The highest BCUT2D eigenvalue weighted by molar-refractivity contribution is 7.12. The van der Waals surface area contributed by atoms with Crippen LogP contribution in [0.15, 0.2) is 16.7 Å². The summed E-state index contributed by atoms with van der Waals surface area (Å²) in [5.41, 5.74) is 0. The summed E-state index contributed by atoms with van der Waals surface area (Å²) < 4.78 is 4.96. The molecule has 0 radical (unpaired) electrons. The molecule has 2 N–H and O–H groups in total. The second-order valence-electron chi connectivity index (χ2n) is 3.78. The average molecular weight is 267 g/mol. The number of aliphatic carboxylic acids is 1. The van der Waals surface area contributed by atoms with Crippen LogP contribution in [0.2, 0.25) is 0 Å². The first-order valence-electron chi connectivity index (χ1n) is 5.43. The Morgan fingerprint density at radius 3 is 2.89 bits per heavy atom. The number of aromatic nitrogens is 2. The fourth-order valence-electron chi connectivity index (χ4n) is 1.47. The second kappa shape index (κ2) is 5.74. The van der Waals surface area contributed by atoms with E-state index in [1.807, 2.05) is 12.1 Å². The molecule has 0 aliphatic rings. The number of nitrogens with zero attached hydrogens (tertiary/aromatic N) is 2. The summed E-state index contributed by atoms with van der Waals surface area (Å²) >= 11 is 1.49. The molecule has 0 atom stereocenters. The number of hydrogen-bond donors (Lipinski definition) is 2. The lowest BCUT2D eigenvalue weighted by Gasteiger charge is -1.97. The summed E-state index contributed by atoms with van der Waals surface area (Å²) in [6.07, 6.45) is 0.0769. The van der Waals surface area contributed by atoms with Crippen LogP contribution in [0.5, 0.6) is 0 Å². The van der Waals surface area contributed by atoms with E-state index in [9.17, 15) is 4.79 Å². The number of carboxylic acid groups (broad SMARTS) is 1. The Hall–Kier alpha value is -1.73. The van der Waals surface area contributed by atoms with Crippen molar-refractivity contribution in [2.45, 2.75) is 26.4 Å². The highest BCUT2D eigenvalue weighted by atomic mass is 32.1. The lowest BCUT2D eigenvalue weighted by atomic mass is 10.3. The van der Waals surface area contributed by atoms with E-state index in [1.165, 1.54) is 11.3 Å². The third-order valence-corrected chi connectivity index (χ3v) is 3.27. The van der Waals surface area contributed by atoms with Crippen molar-refractivity contribution < 1.29 is 14.4 Å². The van der Waals surface area contributed by atoms with Gasteiger partial charge in [-0.1, -0.05) is 5.16 Å². The molecule has 0 spiro atoms. The molecular formula is C11H13N3O3S. The van der Waals surface area contributed by atoms with Crippen molar-refractivity contribution in [3.05, 3.63) is 33.6 Å². The van der Waals surface area contributed by atoms with Crippen molar-refractivity contribution in [3.8, 4) is 0 Å². The third kappa shape index (κ3) is 3.64. The summed E-state index contributed by atoms with van der Waals surface area (Å²) in [5.74, 6) is 0.360. The molecule has 0 aliphatic carbocycles. The van der Waals surface area contributed by atoms with Gasteiger partial charge in [-0.15, -0.1) is 11.3 Å². The number of hydrogen-bond acceptors (Lipinski definition) is 6.